The topological polar surface area (TPSA) is 23.8 Å². The molecule has 0 radical (unpaired) electrons. The summed E-state index contributed by atoms with van der Waals surface area (Å²) in [6.45, 7) is 1.73. The lowest BCUT2D eigenvalue weighted by atomic mass is 9.77. The minimum atomic E-state index is -0.915. The molecule has 0 saturated heterocycles. The van der Waals surface area contributed by atoms with E-state index in [1.54, 1.807) is 31.2 Å². The molecule has 0 N–H and O–H groups in total. The molecule has 0 aromatic heterocycles. The molecule has 2 aromatic carbocycles. The number of benzene rings is 2. The maximum atomic E-state index is 12.9. The predicted octanol–water partition coefficient (Wildman–Crippen LogP) is 3.79. The molecule has 3 heteroatoms. The smallest absolute Gasteiger partial charge is 0.123 e. The molecule has 0 spiro atoms. The van der Waals surface area contributed by atoms with Gasteiger partial charge in [0.2, 0.25) is 0 Å². The van der Waals surface area contributed by atoms with E-state index in [1.807, 2.05) is 0 Å². The van der Waals surface area contributed by atoms with Crippen molar-refractivity contribution in [3.63, 3.8) is 0 Å². The van der Waals surface area contributed by atoms with Gasteiger partial charge in [-0.3, -0.25) is 0 Å². The van der Waals surface area contributed by atoms with Crippen molar-refractivity contribution in [1.82, 2.24) is 0 Å². The lowest BCUT2D eigenvalue weighted by molar-refractivity contribution is 0.621. The molecular formula is C15H11F2N. The molecule has 0 aliphatic heterocycles. The van der Waals surface area contributed by atoms with Gasteiger partial charge in [-0.25, -0.2) is 8.78 Å². The molecule has 0 unspecified atom stereocenters. The summed E-state index contributed by atoms with van der Waals surface area (Å²) >= 11 is 0. The van der Waals surface area contributed by atoms with Crippen LogP contribution in [0.4, 0.5) is 8.78 Å². The van der Waals surface area contributed by atoms with Crippen LogP contribution in [0.25, 0.3) is 0 Å². The first kappa shape index (κ1) is 12.3. The summed E-state index contributed by atoms with van der Waals surface area (Å²) in [7, 11) is 0. The van der Waals surface area contributed by atoms with E-state index >= 15 is 0 Å². The van der Waals surface area contributed by atoms with Crippen molar-refractivity contribution >= 4 is 0 Å². The van der Waals surface area contributed by atoms with Crippen molar-refractivity contribution < 1.29 is 8.78 Å². The van der Waals surface area contributed by atoms with E-state index in [4.69, 9.17) is 0 Å². The highest BCUT2D eigenvalue weighted by Crippen LogP contribution is 2.31. The van der Waals surface area contributed by atoms with Crippen LogP contribution in [-0.4, -0.2) is 0 Å². The van der Waals surface area contributed by atoms with E-state index in [2.05, 4.69) is 6.07 Å². The van der Waals surface area contributed by atoms with E-state index in [0.717, 1.165) is 0 Å². The molecule has 0 aliphatic carbocycles. The van der Waals surface area contributed by atoms with Crippen molar-refractivity contribution in [2.45, 2.75) is 12.3 Å². The first-order valence-electron chi connectivity index (χ1n) is 5.49. The van der Waals surface area contributed by atoms with Gasteiger partial charge in [0.1, 0.15) is 17.0 Å². The molecule has 0 amide bonds. The zero-order chi connectivity index (χ0) is 13.2. The van der Waals surface area contributed by atoms with Crippen LogP contribution in [0.3, 0.4) is 0 Å². The molecule has 18 heavy (non-hydrogen) atoms. The maximum absolute atomic E-state index is 12.9. The third kappa shape index (κ3) is 2.10. The third-order valence-electron chi connectivity index (χ3n) is 3.07. The normalized spacial score (nSPS) is 11.0. The number of hydrogen-bond donors (Lipinski definition) is 0. The summed E-state index contributed by atoms with van der Waals surface area (Å²) in [6.07, 6.45) is 0. The number of hydrogen-bond acceptors (Lipinski definition) is 1. The SMILES string of the molecule is CC(C#N)(c1ccc(F)cc1)c1ccc(F)cc1. The van der Waals surface area contributed by atoms with Crippen LogP contribution in [0, 0.1) is 23.0 Å². The Labute approximate surface area is 104 Å². The second kappa shape index (κ2) is 4.58. The summed E-state index contributed by atoms with van der Waals surface area (Å²) in [6, 6.07) is 13.7. The highest BCUT2D eigenvalue weighted by Gasteiger charge is 2.28. The Hall–Kier alpha value is -2.21. The van der Waals surface area contributed by atoms with Gasteiger partial charge in [-0.15, -0.1) is 0 Å². The van der Waals surface area contributed by atoms with Gasteiger partial charge in [0.05, 0.1) is 6.07 Å². The van der Waals surface area contributed by atoms with Crippen molar-refractivity contribution in [2.24, 2.45) is 0 Å². The van der Waals surface area contributed by atoms with E-state index in [0.29, 0.717) is 11.1 Å². The fourth-order valence-electron chi connectivity index (χ4n) is 1.86. The Bertz CT molecular complexity index is 534. The summed E-state index contributed by atoms with van der Waals surface area (Å²) in [4.78, 5) is 0. The number of nitriles is 1. The summed E-state index contributed by atoms with van der Waals surface area (Å²) in [5, 5.41) is 9.39. The Morgan fingerprint density at radius 1 is 0.833 bits per heavy atom. The van der Waals surface area contributed by atoms with Gasteiger partial charge < -0.3 is 0 Å². The van der Waals surface area contributed by atoms with Crippen LogP contribution in [-0.2, 0) is 5.41 Å². The lowest BCUT2D eigenvalue weighted by Crippen LogP contribution is -2.21. The predicted molar refractivity (Wildman–Crippen MR) is 64.9 cm³/mol. The standard InChI is InChI=1S/C15H11F2N/c1-15(10-18,11-2-6-13(16)7-3-11)12-4-8-14(17)9-5-12/h2-9H,1H3. The van der Waals surface area contributed by atoms with Gasteiger partial charge in [0, 0.05) is 0 Å². The van der Waals surface area contributed by atoms with Gasteiger partial charge in [0.15, 0.2) is 0 Å². The lowest BCUT2D eigenvalue weighted by Gasteiger charge is -2.22. The summed E-state index contributed by atoms with van der Waals surface area (Å²) in [5.41, 5.74) is 0.442. The van der Waals surface area contributed by atoms with E-state index in [1.165, 1.54) is 24.3 Å². The number of nitrogens with zero attached hydrogens (tertiary/aromatic N) is 1. The fourth-order valence-corrected chi connectivity index (χ4v) is 1.86. The summed E-state index contributed by atoms with van der Waals surface area (Å²) < 4.78 is 25.8. The number of halogens is 2. The Kier molecular flexibility index (Phi) is 3.12. The van der Waals surface area contributed by atoms with Crippen LogP contribution in [0.5, 0.6) is 0 Å². The Morgan fingerprint density at radius 2 is 1.17 bits per heavy atom. The quantitative estimate of drug-likeness (QED) is 0.787. The molecule has 2 aromatic rings. The highest BCUT2D eigenvalue weighted by atomic mass is 19.1. The first-order valence-corrected chi connectivity index (χ1v) is 5.49. The van der Waals surface area contributed by atoms with Crippen LogP contribution >= 0.6 is 0 Å². The fraction of sp³-hybridized carbons (Fsp3) is 0.133. The van der Waals surface area contributed by atoms with Crippen LogP contribution in [0.1, 0.15) is 18.1 Å². The van der Waals surface area contributed by atoms with Crippen molar-refractivity contribution in [1.29, 1.82) is 5.26 Å². The van der Waals surface area contributed by atoms with Gasteiger partial charge in [-0.2, -0.15) is 5.26 Å². The van der Waals surface area contributed by atoms with E-state index < -0.39 is 5.41 Å². The van der Waals surface area contributed by atoms with Gasteiger partial charge in [-0.05, 0) is 42.3 Å². The third-order valence-corrected chi connectivity index (χ3v) is 3.07. The number of rotatable bonds is 2. The van der Waals surface area contributed by atoms with Crippen LogP contribution in [0.2, 0.25) is 0 Å². The van der Waals surface area contributed by atoms with Gasteiger partial charge >= 0.3 is 0 Å². The second-order valence-electron chi connectivity index (χ2n) is 4.25. The second-order valence-corrected chi connectivity index (χ2v) is 4.25. The molecule has 0 fully saturated rings. The first-order chi connectivity index (χ1) is 8.56. The van der Waals surface area contributed by atoms with Crippen molar-refractivity contribution in [3.05, 3.63) is 71.3 Å². The van der Waals surface area contributed by atoms with E-state index in [9.17, 15) is 14.0 Å². The largest absolute Gasteiger partial charge is 0.207 e. The molecule has 1 nitrogen and oxygen atoms in total. The average Bonchev–Trinajstić information content (AvgIpc) is 2.39. The molecule has 2 rings (SSSR count). The molecule has 0 aliphatic rings. The van der Waals surface area contributed by atoms with Crippen molar-refractivity contribution in [3.8, 4) is 6.07 Å². The Morgan fingerprint density at radius 3 is 1.44 bits per heavy atom. The molecule has 0 heterocycles. The molecular weight excluding hydrogens is 232 g/mol. The highest BCUT2D eigenvalue weighted by molar-refractivity contribution is 5.44. The molecule has 90 valence electrons. The summed E-state index contributed by atoms with van der Waals surface area (Å²) in [5.74, 6) is -0.698. The molecule has 0 saturated carbocycles. The van der Waals surface area contributed by atoms with Gasteiger partial charge in [-0.1, -0.05) is 24.3 Å². The van der Waals surface area contributed by atoms with Crippen molar-refractivity contribution in [2.75, 3.05) is 0 Å². The minimum Gasteiger partial charge on any atom is -0.207 e. The zero-order valence-electron chi connectivity index (χ0n) is 9.82. The van der Waals surface area contributed by atoms with Gasteiger partial charge in [0.25, 0.3) is 0 Å². The molecule has 0 bridgehead atoms. The minimum absolute atomic E-state index is 0.349. The average molecular weight is 243 g/mol. The molecule has 0 atom stereocenters. The van der Waals surface area contributed by atoms with E-state index in [-0.39, 0.29) is 11.6 Å². The van der Waals surface area contributed by atoms with Crippen LogP contribution < -0.4 is 0 Å². The van der Waals surface area contributed by atoms with Crippen LogP contribution in [0.15, 0.2) is 48.5 Å². The maximum Gasteiger partial charge on any atom is 0.123 e. The monoisotopic (exact) mass is 243 g/mol. The Balaban J connectivity index is 2.52. The zero-order valence-corrected chi connectivity index (χ0v) is 9.82.